The van der Waals surface area contributed by atoms with Gasteiger partial charge in [0.05, 0.1) is 6.54 Å². The molecule has 0 radical (unpaired) electrons. The topological polar surface area (TPSA) is 36.1 Å². The molecule has 1 aromatic carbocycles. The Kier molecular flexibility index (Phi) is 2.29. The van der Waals surface area contributed by atoms with E-state index >= 15 is 0 Å². The molecule has 20 heavy (non-hydrogen) atoms. The molecule has 104 valence electrons. The van der Waals surface area contributed by atoms with Crippen LogP contribution < -0.4 is 0 Å². The van der Waals surface area contributed by atoms with Crippen molar-refractivity contribution in [2.24, 2.45) is 0 Å². The fourth-order valence-electron chi connectivity index (χ4n) is 3.47. The number of aromatic nitrogens is 1. The molecule has 0 spiro atoms. The number of alkyl halides is 1. The molecule has 3 nitrogen and oxygen atoms in total. The summed E-state index contributed by atoms with van der Waals surface area (Å²) in [5.74, 6) is -0.100. The molecule has 5 rings (SSSR count). The monoisotopic (exact) mass is 292 g/mol. The summed E-state index contributed by atoms with van der Waals surface area (Å²) in [4.78, 5) is 17.4. The van der Waals surface area contributed by atoms with Gasteiger partial charge in [0, 0.05) is 34.8 Å². The molecule has 1 aliphatic carbocycles. The van der Waals surface area contributed by atoms with E-state index in [-0.39, 0.29) is 18.5 Å². The third kappa shape index (κ3) is 1.54. The van der Waals surface area contributed by atoms with Crippen LogP contribution in [0.2, 0.25) is 5.02 Å². The summed E-state index contributed by atoms with van der Waals surface area (Å²) in [5, 5.41) is 1.61. The van der Waals surface area contributed by atoms with Crippen LogP contribution in [0.3, 0.4) is 0 Å². The Bertz CT molecular complexity index is 733. The average Bonchev–Trinajstić information content (AvgIpc) is 2.97. The number of benzene rings is 1. The Morgan fingerprint density at radius 1 is 1.50 bits per heavy atom. The quantitative estimate of drug-likeness (QED) is 0.858. The van der Waals surface area contributed by atoms with Crippen LogP contribution in [0.1, 0.15) is 28.9 Å². The second kappa shape index (κ2) is 3.76. The Morgan fingerprint density at radius 3 is 2.90 bits per heavy atom. The van der Waals surface area contributed by atoms with Gasteiger partial charge in [0.15, 0.2) is 0 Å². The molecule has 0 atom stereocenters. The lowest BCUT2D eigenvalue weighted by Crippen LogP contribution is -2.38. The average molecular weight is 293 g/mol. The number of H-pyrrole nitrogens is 1. The maximum atomic E-state index is 13.9. The number of aryl methyl sites for hydroxylation is 1. The van der Waals surface area contributed by atoms with Gasteiger partial charge >= 0.3 is 0 Å². The second-order valence-corrected chi connectivity index (χ2v) is 6.40. The van der Waals surface area contributed by atoms with Gasteiger partial charge in [-0.25, -0.2) is 4.39 Å². The van der Waals surface area contributed by atoms with Crippen LogP contribution in [-0.2, 0) is 0 Å². The number of carbonyl (C=O) groups excluding carboxylic acids is 1. The number of carbonyl (C=O) groups is 1. The normalized spacial score (nSPS) is 27.9. The highest BCUT2D eigenvalue weighted by atomic mass is 35.5. The molecule has 2 saturated heterocycles. The van der Waals surface area contributed by atoms with Crippen molar-refractivity contribution in [1.29, 1.82) is 0 Å². The van der Waals surface area contributed by atoms with Crippen LogP contribution >= 0.6 is 11.6 Å². The number of hydrogen-bond donors (Lipinski definition) is 1. The lowest BCUT2D eigenvalue weighted by molar-refractivity contribution is 0.0728. The van der Waals surface area contributed by atoms with Gasteiger partial charge in [0.2, 0.25) is 0 Å². The zero-order valence-corrected chi connectivity index (χ0v) is 11.8. The van der Waals surface area contributed by atoms with E-state index in [4.69, 9.17) is 11.6 Å². The number of aromatic amines is 1. The van der Waals surface area contributed by atoms with E-state index in [1.165, 1.54) is 0 Å². The van der Waals surface area contributed by atoms with Crippen LogP contribution in [0.15, 0.2) is 18.2 Å². The first-order valence-electron chi connectivity index (χ1n) is 6.75. The summed E-state index contributed by atoms with van der Waals surface area (Å²) in [7, 11) is 0. The van der Waals surface area contributed by atoms with Crippen molar-refractivity contribution in [3.8, 4) is 0 Å². The van der Waals surface area contributed by atoms with Gasteiger partial charge in [-0.05, 0) is 24.6 Å². The lowest BCUT2D eigenvalue weighted by atomic mass is 9.83. The molecule has 1 N–H and O–H groups in total. The van der Waals surface area contributed by atoms with Crippen molar-refractivity contribution >= 4 is 28.4 Å². The van der Waals surface area contributed by atoms with Crippen LogP contribution in [-0.4, -0.2) is 34.0 Å². The Morgan fingerprint density at radius 2 is 2.25 bits per heavy atom. The van der Waals surface area contributed by atoms with Gasteiger partial charge in [-0.15, -0.1) is 0 Å². The second-order valence-electron chi connectivity index (χ2n) is 5.96. The van der Waals surface area contributed by atoms with Crippen molar-refractivity contribution in [1.82, 2.24) is 9.88 Å². The van der Waals surface area contributed by atoms with E-state index < -0.39 is 5.67 Å². The van der Waals surface area contributed by atoms with Gasteiger partial charge < -0.3 is 9.88 Å². The third-order valence-corrected chi connectivity index (χ3v) is 4.83. The standard InChI is InChI=1S/C15H14ClFN2O/c1-8-11-3-2-9(16)4-12(11)18-13(8)14(20)19-7-15(17)5-10(19)6-15/h2-4,10,18H,5-7H2,1H3. The first-order valence-corrected chi connectivity index (χ1v) is 7.12. The van der Waals surface area contributed by atoms with Crippen molar-refractivity contribution in [2.45, 2.75) is 31.5 Å². The fourth-order valence-corrected chi connectivity index (χ4v) is 3.65. The summed E-state index contributed by atoms with van der Waals surface area (Å²) >= 11 is 5.97. The van der Waals surface area contributed by atoms with Gasteiger partial charge in [0.1, 0.15) is 11.4 Å². The van der Waals surface area contributed by atoms with E-state index in [1.807, 2.05) is 19.1 Å². The molecule has 1 aromatic heterocycles. The minimum atomic E-state index is -1.14. The van der Waals surface area contributed by atoms with E-state index in [9.17, 15) is 9.18 Å². The van der Waals surface area contributed by atoms with E-state index in [1.54, 1.807) is 11.0 Å². The molecule has 3 fully saturated rings. The Hall–Kier alpha value is -1.55. The minimum absolute atomic E-state index is 0.0712. The number of rotatable bonds is 1. The molecular weight excluding hydrogens is 279 g/mol. The summed E-state index contributed by atoms with van der Waals surface area (Å²) < 4.78 is 13.9. The zero-order valence-electron chi connectivity index (χ0n) is 11.0. The predicted octanol–water partition coefficient (Wildman–Crippen LogP) is 3.46. The van der Waals surface area contributed by atoms with Crippen LogP contribution in [0.25, 0.3) is 10.9 Å². The van der Waals surface area contributed by atoms with E-state index in [0.29, 0.717) is 23.6 Å². The molecule has 3 aliphatic rings. The SMILES string of the molecule is Cc1c(C(=O)N2CC3(F)CC2C3)[nH]c2cc(Cl)ccc12. The maximum Gasteiger partial charge on any atom is 0.270 e. The van der Waals surface area contributed by atoms with Gasteiger partial charge in [-0.1, -0.05) is 17.7 Å². The molecule has 5 heteroatoms. The van der Waals surface area contributed by atoms with Gasteiger partial charge in [-0.3, -0.25) is 4.79 Å². The third-order valence-electron chi connectivity index (χ3n) is 4.59. The van der Waals surface area contributed by atoms with Crippen molar-refractivity contribution < 1.29 is 9.18 Å². The molecule has 2 aromatic rings. The Labute approximate surface area is 120 Å². The number of hydrogen-bond acceptors (Lipinski definition) is 1. The molecule has 3 heterocycles. The maximum absolute atomic E-state index is 13.9. The highest BCUT2D eigenvalue weighted by Gasteiger charge is 2.57. The van der Waals surface area contributed by atoms with Crippen molar-refractivity contribution in [3.05, 3.63) is 34.5 Å². The first-order chi connectivity index (χ1) is 9.47. The largest absolute Gasteiger partial charge is 0.350 e. The zero-order chi connectivity index (χ0) is 14.1. The first kappa shape index (κ1) is 12.2. The Balaban J connectivity index is 1.75. The van der Waals surface area contributed by atoms with E-state index in [2.05, 4.69) is 4.98 Å². The molecule has 1 amide bonds. The smallest absolute Gasteiger partial charge is 0.270 e. The minimum Gasteiger partial charge on any atom is -0.350 e. The summed E-state index contributed by atoms with van der Waals surface area (Å²) in [5.41, 5.74) is 1.17. The molecular formula is C15H14ClFN2O. The number of amides is 1. The molecule has 1 saturated carbocycles. The number of fused-ring (bicyclic) bond motifs is 2. The highest BCUT2D eigenvalue weighted by Crippen LogP contribution is 2.48. The summed E-state index contributed by atoms with van der Waals surface area (Å²) in [6.45, 7) is 2.14. The van der Waals surface area contributed by atoms with Crippen molar-refractivity contribution in [2.75, 3.05) is 6.54 Å². The van der Waals surface area contributed by atoms with E-state index in [0.717, 1.165) is 16.5 Å². The van der Waals surface area contributed by atoms with Crippen LogP contribution in [0.4, 0.5) is 4.39 Å². The van der Waals surface area contributed by atoms with Crippen LogP contribution in [0.5, 0.6) is 0 Å². The summed E-state index contributed by atoms with van der Waals surface area (Å²) in [6, 6.07) is 5.59. The molecule has 2 bridgehead atoms. The molecule has 0 unspecified atom stereocenters. The molecule has 2 aliphatic heterocycles. The fraction of sp³-hybridized carbons (Fsp3) is 0.400. The number of halogens is 2. The van der Waals surface area contributed by atoms with Gasteiger partial charge in [0.25, 0.3) is 5.91 Å². The number of nitrogens with one attached hydrogen (secondary N) is 1. The van der Waals surface area contributed by atoms with Gasteiger partial charge in [-0.2, -0.15) is 0 Å². The highest BCUT2D eigenvalue weighted by molar-refractivity contribution is 6.31. The van der Waals surface area contributed by atoms with Crippen LogP contribution in [0, 0.1) is 6.92 Å². The predicted molar refractivity (Wildman–Crippen MR) is 75.9 cm³/mol. The van der Waals surface area contributed by atoms with Crippen molar-refractivity contribution in [3.63, 3.8) is 0 Å². The summed E-state index contributed by atoms with van der Waals surface area (Å²) in [6.07, 6.45) is 0.980. The number of nitrogens with zero attached hydrogens (tertiary/aromatic N) is 1. The lowest BCUT2D eigenvalue weighted by Gasteiger charge is -2.29.